The van der Waals surface area contributed by atoms with Gasteiger partial charge in [0.2, 0.25) is 0 Å². The van der Waals surface area contributed by atoms with Gasteiger partial charge in [-0.3, -0.25) is 0 Å². The summed E-state index contributed by atoms with van der Waals surface area (Å²) in [6, 6.07) is 0. The molecule has 0 aromatic heterocycles. The van der Waals surface area contributed by atoms with Crippen molar-refractivity contribution in [2.75, 3.05) is 6.79 Å². The van der Waals surface area contributed by atoms with Gasteiger partial charge in [0.1, 0.15) is 6.79 Å². The predicted octanol–water partition coefficient (Wildman–Crippen LogP) is 4.28. The summed E-state index contributed by atoms with van der Waals surface area (Å²) in [5.41, 5.74) is 0. The van der Waals surface area contributed by atoms with E-state index in [1.165, 1.54) is 64.2 Å². The first-order valence-corrected chi connectivity index (χ1v) is 7.59. The molecule has 2 rings (SSSR count). The van der Waals surface area contributed by atoms with Gasteiger partial charge < -0.3 is 9.47 Å². The quantitative estimate of drug-likeness (QED) is 0.668. The van der Waals surface area contributed by atoms with E-state index in [0.717, 1.165) is 5.92 Å². The summed E-state index contributed by atoms with van der Waals surface area (Å²) in [6.45, 7) is 2.74. The van der Waals surface area contributed by atoms with Crippen LogP contribution < -0.4 is 0 Å². The minimum Gasteiger partial charge on any atom is -0.352 e. The Hall–Kier alpha value is -0.0800. The number of hydrogen-bond donors (Lipinski definition) is 0. The lowest BCUT2D eigenvalue weighted by atomic mass is 9.86. The van der Waals surface area contributed by atoms with Gasteiger partial charge in [-0.25, -0.2) is 0 Å². The van der Waals surface area contributed by atoms with E-state index in [9.17, 15) is 0 Å². The third-order valence-corrected chi connectivity index (χ3v) is 4.50. The summed E-state index contributed by atoms with van der Waals surface area (Å²) in [5, 5.41) is 0. The van der Waals surface area contributed by atoms with Crippen molar-refractivity contribution in [2.24, 2.45) is 5.92 Å². The van der Waals surface area contributed by atoms with Crippen molar-refractivity contribution in [1.29, 1.82) is 0 Å². The zero-order valence-electron chi connectivity index (χ0n) is 11.3. The van der Waals surface area contributed by atoms with Gasteiger partial charge in [-0.1, -0.05) is 38.5 Å². The van der Waals surface area contributed by atoms with Gasteiger partial charge in [0.05, 0.1) is 12.2 Å². The van der Waals surface area contributed by atoms with E-state index < -0.39 is 0 Å². The Bertz CT molecular complexity index is 193. The van der Waals surface area contributed by atoms with Crippen LogP contribution in [-0.2, 0) is 9.47 Å². The molecular weight excluding hydrogens is 212 g/mol. The summed E-state index contributed by atoms with van der Waals surface area (Å²) in [4.78, 5) is 0. The molecule has 0 spiro atoms. The first-order valence-electron chi connectivity index (χ1n) is 7.59. The normalized spacial score (nSPS) is 25.9. The van der Waals surface area contributed by atoms with Crippen LogP contribution in [0.3, 0.4) is 0 Å². The molecule has 100 valence electrons. The number of hydrogen-bond acceptors (Lipinski definition) is 2. The molecular formula is C15H28O2. The summed E-state index contributed by atoms with van der Waals surface area (Å²) < 4.78 is 11.7. The van der Waals surface area contributed by atoms with E-state index in [4.69, 9.17) is 9.47 Å². The second-order valence-corrected chi connectivity index (χ2v) is 5.81. The summed E-state index contributed by atoms with van der Waals surface area (Å²) in [6.07, 6.45) is 14.3. The molecule has 0 N–H and O–H groups in total. The highest BCUT2D eigenvalue weighted by Crippen LogP contribution is 2.28. The van der Waals surface area contributed by atoms with Gasteiger partial charge in [-0.05, 0) is 38.5 Å². The van der Waals surface area contributed by atoms with Crippen LogP contribution in [0.4, 0.5) is 0 Å². The molecule has 2 fully saturated rings. The topological polar surface area (TPSA) is 18.5 Å². The van der Waals surface area contributed by atoms with E-state index in [2.05, 4.69) is 6.92 Å². The molecule has 2 nitrogen and oxygen atoms in total. The van der Waals surface area contributed by atoms with Crippen LogP contribution in [0, 0.1) is 5.92 Å². The second kappa shape index (κ2) is 7.38. The van der Waals surface area contributed by atoms with Crippen LogP contribution in [0.5, 0.6) is 0 Å². The molecule has 1 unspecified atom stereocenters. The molecule has 0 bridgehead atoms. The van der Waals surface area contributed by atoms with Gasteiger partial charge >= 0.3 is 0 Å². The molecule has 0 aromatic rings. The van der Waals surface area contributed by atoms with Gasteiger partial charge in [-0.2, -0.15) is 0 Å². The van der Waals surface area contributed by atoms with Crippen LogP contribution in [0.15, 0.2) is 0 Å². The van der Waals surface area contributed by atoms with E-state index in [0.29, 0.717) is 19.0 Å². The Morgan fingerprint density at radius 2 is 1.47 bits per heavy atom. The van der Waals surface area contributed by atoms with Crippen molar-refractivity contribution >= 4 is 0 Å². The van der Waals surface area contributed by atoms with Crippen LogP contribution in [-0.4, -0.2) is 19.0 Å². The van der Waals surface area contributed by atoms with Crippen LogP contribution in [0.25, 0.3) is 0 Å². The summed E-state index contributed by atoms with van der Waals surface area (Å²) >= 11 is 0. The molecule has 0 aliphatic heterocycles. The largest absolute Gasteiger partial charge is 0.352 e. The number of rotatable bonds is 5. The first-order chi connectivity index (χ1) is 8.36. The highest BCUT2D eigenvalue weighted by molar-refractivity contribution is 4.71. The molecule has 2 heteroatoms. The maximum Gasteiger partial charge on any atom is 0.147 e. The highest BCUT2D eigenvalue weighted by atomic mass is 16.7. The van der Waals surface area contributed by atoms with Crippen molar-refractivity contribution in [2.45, 2.75) is 83.3 Å². The summed E-state index contributed by atoms with van der Waals surface area (Å²) in [5.74, 6) is 0.777. The fourth-order valence-corrected chi connectivity index (χ4v) is 3.21. The Labute approximate surface area is 106 Å². The van der Waals surface area contributed by atoms with Crippen molar-refractivity contribution < 1.29 is 9.47 Å². The molecule has 2 saturated carbocycles. The van der Waals surface area contributed by atoms with E-state index in [1.807, 2.05) is 0 Å². The van der Waals surface area contributed by atoms with Gasteiger partial charge in [0.15, 0.2) is 0 Å². The third-order valence-electron chi connectivity index (χ3n) is 4.50. The lowest BCUT2D eigenvalue weighted by molar-refractivity contribution is -0.134. The van der Waals surface area contributed by atoms with E-state index >= 15 is 0 Å². The molecule has 0 saturated heterocycles. The second-order valence-electron chi connectivity index (χ2n) is 5.81. The molecule has 17 heavy (non-hydrogen) atoms. The fourth-order valence-electron chi connectivity index (χ4n) is 3.21. The lowest BCUT2D eigenvalue weighted by Crippen LogP contribution is -2.26. The van der Waals surface area contributed by atoms with Gasteiger partial charge in [0.25, 0.3) is 0 Å². The molecule has 2 aliphatic rings. The lowest BCUT2D eigenvalue weighted by Gasteiger charge is -2.28. The minimum absolute atomic E-state index is 0.388. The SMILES string of the molecule is CC(OCOC1CCCCC1)C1CCCCC1. The average Bonchev–Trinajstić information content (AvgIpc) is 2.41. The average molecular weight is 240 g/mol. The monoisotopic (exact) mass is 240 g/mol. The number of ether oxygens (including phenoxy) is 2. The molecule has 0 radical (unpaired) electrons. The molecule has 0 aromatic carbocycles. The Kier molecular flexibility index (Phi) is 5.79. The van der Waals surface area contributed by atoms with Crippen molar-refractivity contribution in [3.05, 3.63) is 0 Å². The van der Waals surface area contributed by atoms with Gasteiger partial charge in [-0.15, -0.1) is 0 Å². The van der Waals surface area contributed by atoms with Crippen LogP contribution in [0.1, 0.15) is 71.1 Å². The first kappa shape index (κ1) is 13.4. The maximum atomic E-state index is 5.86. The zero-order valence-corrected chi connectivity index (χ0v) is 11.3. The summed E-state index contributed by atoms with van der Waals surface area (Å²) in [7, 11) is 0. The fraction of sp³-hybridized carbons (Fsp3) is 1.00. The van der Waals surface area contributed by atoms with Crippen LogP contribution in [0.2, 0.25) is 0 Å². The Morgan fingerprint density at radius 1 is 0.882 bits per heavy atom. The molecule has 0 heterocycles. The highest BCUT2D eigenvalue weighted by Gasteiger charge is 2.21. The van der Waals surface area contributed by atoms with E-state index in [-0.39, 0.29) is 0 Å². The van der Waals surface area contributed by atoms with Crippen molar-refractivity contribution in [3.8, 4) is 0 Å². The predicted molar refractivity (Wildman–Crippen MR) is 69.9 cm³/mol. The van der Waals surface area contributed by atoms with Gasteiger partial charge in [0, 0.05) is 0 Å². The molecule has 1 atom stereocenters. The Balaban J connectivity index is 1.57. The van der Waals surface area contributed by atoms with E-state index in [1.54, 1.807) is 0 Å². The standard InChI is InChI=1S/C15H28O2/c1-13(14-8-4-2-5-9-14)16-12-17-15-10-6-3-7-11-15/h13-15H,2-12H2,1H3. The van der Waals surface area contributed by atoms with Crippen molar-refractivity contribution in [1.82, 2.24) is 0 Å². The van der Waals surface area contributed by atoms with Crippen LogP contribution >= 0.6 is 0 Å². The minimum atomic E-state index is 0.388. The molecule has 2 aliphatic carbocycles. The smallest absolute Gasteiger partial charge is 0.147 e. The Morgan fingerprint density at radius 3 is 2.12 bits per heavy atom. The zero-order chi connectivity index (χ0) is 11.9. The van der Waals surface area contributed by atoms with Crippen molar-refractivity contribution in [3.63, 3.8) is 0 Å². The third kappa shape index (κ3) is 4.59. The molecule has 0 amide bonds. The maximum absolute atomic E-state index is 5.86.